The maximum atomic E-state index is 9.69. The van der Waals surface area contributed by atoms with Crippen LogP contribution in [0.3, 0.4) is 0 Å². The van der Waals surface area contributed by atoms with Crippen LogP contribution in [0.25, 0.3) is 0 Å². The van der Waals surface area contributed by atoms with E-state index in [1.807, 2.05) is 11.6 Å². The minimum atomic E-state index is -0.00234. The summed E-state index contributed by atoms with van der Waals surface area (Å²) in [5.74, 6) is 0. The molecule has 0 radical (unpaired) electrons. The van der Waals surface area contributed by atoms with Crippen molar-refractivity contribution in [3.05, 3.63) is 17.5 Å². The van der Waals surface area contributed by atoms with E-state index >= 15 is 0 Å². The van der Waals surface area contributed by atoms with Gasteiger partial charge in [0.25, 0.3) is 0 Å². The van der Waals surface area contributed by atoms with E-state index in [1.54, 1.807) is 0 Å². The van der Waals surface area contributed by atoms with Crippen LogP contribution in [0, 0.1) is 12.3 Å². The molecule has 0 aromatic carbocycles. The summed E-state index contributed by atoms with van der Waals surface area (Å²) >= 11 is 0. The lowest BCUT2D eigenvalue weighted by Gasteiger charge is -2.35. The second-order valence-corrected chi connectivity index (χ2v) is 5.04. The van der Waals surface area contributed by atoms with Crippen LogP contribution in [-0.2, 0) is 17.7 Å². The Morgan fingerprint density at radius 1 is 1.47 bits per heavy atom. The number of rotatable bonds is 4. The van der Waals surface area contributed by atoms with Crippen LogP contribution in [0.4, 0.5) is 0 Å². The molecule has 17 heavy (non-hydrogen) atoms. The Balaban J connectivity index is 2.16. The number of hydrogen-bond acceptors (Lipinski definition) is 3. The van der Waals surface area contributed by atoms with E-state index in [2.05, 4.69) is 18.1 Å². The van der Waals surface area contributed by atoms with Crippen LogP contribution in [0.1, 0.15) is 31.2 Å². The second-order valence-electron chi connectivity index (χ2n) is 5.04. The van der Waals surface area contributed by atoms with Gasteiger partial charge in [0, 0.05) is 37.5 Å². The molecule has 2 rings (SSSR count). The van der Waals surface area contributed by atoms with Crippen LogP contribution in [0.2, 0.25) is 0 Å². The van der Waals surface area contributed by atoms with Crippen molar-refractivity contribution in [3.63, 3.8) is 0 Å². The maximum absolute atomic E-state index is 9.69. The molecule has 1 aromatic rings. The van der Waals surface area contributed by atoms with Gasteiger partial charge in [-0.05, 0) is 39.2 Å². The third-order valence-corrected chi connectivity index (χ3v) is 3.73. The normalized spacial score (nSPS) is 19.5. The first-order valence-corrected chi connectivity index (χ1v) is 6.41. The molecule has 0 aliphatic carbocycles. The van der Waals surface area contributed by atoms with E-state index < -0.39 is 0 Å². The van der Waals surface area contributed by atoms with Crippen molar-refractivity contribution in [2.75, 3.05) is 19.8 Å². The summed E-state index contributed by atoms with van der Waals surface area (Å²) in [5, 5.41) is 14.2. The van der Waals surface area contributed by atoms with Crippen molar-refractivity contribution >= 4 is 0 Å². The largest absolute Gasteiger partial charge is 0.396 e. The molecule has 0 atom stereocenters. The van der Waals surface area contributed by atoms with E-state index in [9.17, 15) is 5.11 Å². The molecular formula is C13H22N2O2. The minimum absolute atomic E-state index is 0.00234. The number of aromatic nitrogens is 2. The van der Waals surface area contributed by atoms with Gasteiger partial charge in [-0.1, -0.05) is 0 Å². The van der Waals surface area contributed by atoms with Crippen LogP contribution in [0.5, 0.6) is 0 Å². The minimum Gasteiger partial charge on any atom is -0.396 e. The number of aliphatic hydroxyl groups is 1. The number of hydrogen-bond donors (Lipinski definition) is 1. The average molecular weight is 238 g/mol. The Kier molecular flexibility index (Phi) is 3.84. The third kappa shape index (κ3) is 2.69. The van der Waals surface area contributed by atoms with Gasteiger partial charge in [0.05, 0.1) is 5.69 Å². The fourth-order valence-electron chi connectivity index (χ4n) is 2.59. The first-order valence-electron chi connectivity index (χ1n) is 6.41. The lowest BCUT2D eigenvalue weighted by Crippen LogP contribution is -2.35. The van der Waals surface area contributed by atoms with Crippen molar-refractivity contribution in [2.45, 2.75) is 39.7 Å². The zero-order valence-electron chi connectivity index (χ0n) is 10.8. The average Bonchev–Trinajstić information content (AvgIpc) is 2.70. The fraction of sp³-hybridized carbons (Fsp3) is 0.769. The van der Waals surface area contributed by atoms with Gasteiger partial charge in [-0.2, -0.15) is 5.10 Å². The van der Waals surface area contributed by atoms with E-state index in [0.29, 0.717) is 0 Å². The molecule has 0 unspecified atom stereocenters. The molecule has 1 saturated heterocycles. The zero-order valence-corrected chi connectivity index (χ0v) is 10.8. The summed E-state index contributed by atoms with van der Waals surface area (Å²) < 4.78 is 7.44. The Hall–Kier alpha value is -0.870. The van der Waals surface area contributed by atoms with Crippen LogP contribution >= 0.6 is 0 Å². The standard InChI is InChI=1S/C13H22N2O2/c1-3-15-12(8-11(2)14-15)9-13(10-16)4-6-17-7-5-13/h8,16H,3-7,9-10H2,1-2H3. The quantitative estimate of drug-likeness (QED) is 0.865. The summed E-state index contributed by atoms with van der Waals surface area (Å²) in [5.41, 5.74) is 2.29. The fourth-order valence-corrected chi connectivity index (χ4v) is 2.59. The van der Waals surface area contributed by atoms with Crippen molar-refractivity contribution in [2.24, 2.45) is 5.41 Å². The van der Waals surface area contributed by atoms with Crippen molar-refractivity contribution in [3.8, 4) is 0 Å². The molecular weight excluding hydrogens is 216 g/mol. The molecule has 1 N–H and O–H groups in total. The number of nitrogens with zero attached hydrogens (tertiary/aromatic N) is 2. The molecule has 1 fully saturated rings. The van der Waals surface area contributed by atoms with Gasteiger partial charge in [0.2, 0.25) is 0 Å². The summed E-state index contributed by atoms with van der Waals surface area (Å²) in [4.78, 5) is 0. The highest BCUT2D eigenvalue weighted by molar-refractivity contribution is 5.11. The Morgan fingerprint density at radius 3 is 2.76 bits per heavy atom. The van der Waals surface area contributed by atoms with E-state index in [4.69, 9.17) is 4.74 Å². The number of aryl methyl sites for hydroxylation is 2. The van der Waals surface area contributed by atoms with E-state index in [1.165, 1.54) is 5.69 Å². The van der Waals surface area contributed by atoms with Gasteiger partial charge in [-0.15, -0.1) is 0 Å². The highest BCUT2D eigenvalue weighted by Gasteiger charge is 2.33. The Labute approximate surface area is 103 Å². The maximum Gasteiger partial charge on any atom is 0.0596 e. The smallest absolute Gasteiger partial charge is 0.0596 e. The predicted octanol–water partition coefficient (Wildman–Crippen LogP) is 1.54. The zero-order chi connectivity index (χ0) is 12.3. The highest BCUT2D eigenvalue weighted by Crippen LogP contribution is 2.33. The summed E-state index contributed by atoms with van der Waals surface area (Å²) in [6.07, 6.45) is 2.79. The molecule has 4 heteroatoms. The van der Waals surface area contributed by atoms with Crippen molar-refractivity contribution in [1.29, 1.82) is 0 Å². The molecule has 1 aliphatic rings. The summed E-state index contributed by atoms with van der Waals surface area (Å²) in [6, 6.07) is 2.14. The van der Waals surface area contributed by atoms with Gasteiger partial charge in [0.15, 0.2) is 0 Å². The van der Waals surface area contributed by atoms with Crippen LogP contribution in [-0.4, -0.2) is 34.7 Å². The number of aliphatic hydroxyl groups excluding tert-OH is 1. The highest BCUT2D eigenvalue weighted by atomic mass is 16.5. The first kappa shape index (κ1) is 12.6. The van der Waals surface area contributed by atoms with E-state index in [-0.39, 0.29) is 12.0 Å². The Bertz CT molecular complexity index is 367. The number of ether oxygens (including phenoxy) is 1. The van der Waals surface area contributed by atoms with Gasteiger partial charge in [-0.3, -0.25) is 4.68 Å². The predicted molar refractivity (Wildman–Crippen MR) is 65.9 cm³/mol. The van der Waals surface area contributed by atoms with Crippen LogP contribution < -0.4 is 0 Å². The van der Waals surface area contributed by atoms with Gasteiger partial charge >= 0.3 is 0 Å². The van der Waals surface area contributed by atoms with Crippen molar-refractivity contribution in [1.82, 2.24) is 9.78 Å². The van der Waals surface area contributed by atoms with Gasteiger partial charge in [-0.25, -0.2) is 0 Å². The first-order chi connectivity index (χ1) is 8.19. The molecule has 4 nitrogen and oxygen atoms in total. The Morgan fingerprint density at radius 2 is 2.18 bits per heavy atom. The lowest BCUT2D eigenvalue weighted by molar-refractivity contribution is -0.0167. The lowest BCUT2D eigenvalue weighted by atomic mass is 9.77. The van der Waals surface area contributed by atoms with Crippen molar-refractivity contribution < 1.29 is 9.84 Å². The van der Waals surface area contributed by atoms with Crippen LogP contribution in [0.15, 0.2) is 6.07 Å². The summed E-state index contributed by atoms with van der Waals surface area (Å²) in [7, 11) is 0. The van der Waals surface area contributed by atoms with E-state index in [0.717, 1.165) is 44.7 Å². The molecule has 0 bridgehead atoms. The van der Waals surface area contributed by atoms with Gasteiger partial charge < -0.3 is 9.84 Å². The topological polar surface area (TPSA) is 47.3 Å². The molecule has 0 spiro atoms. The third-order valence-electron chi connectivity index (χ3n) is 3.73. The van der Waals surface area contributed by atoms with Gasteiger partial charge in [0.1, 0.15) is 0 Å². The molecule has 1 aromatic heterocycles. The molecule has 96 valence electrons. The summed E-state index contributed by atoms with van der Waals surface area (Å²) in [6.45, 7) is 6.78. The SMILES string of the molecule is CCn1nc(C)cc1CC1(CO)CCOCC1. The molecule has 0 saturated carbocycles. The molecule has 1 aliphatic heterocycles. The molecule has 2 heterocycles. The second kappa shape index (κ2) is 5.19. The molecule has 0 amide bonds. The monoisotopic (exact) mass is 238 g/mol.